The highest BCUT2D eigenvalue weighted by Crippen LogP contribution is 2.20. The SMILES string of the molecule is COc1ccc(CCc2nnc3n2CC(CN)CC3)cc1. The second kappa shape index (κ2) is 6.26. The average molecular weight is 286 g/mol. The Hall–Kier alpha value is -1.88. The van der Waals surface area contributed by atoms with E-state index in [1.165, 1.54) is 5.56 Å². The van der Waals surface area contributed by atoms with Crippen LogP contribution in [0.15, 0.2) is 24.3 Å². The molecule has 1 aromatic carbocycles. The summed E-state index contributed by atoms with van der Waals surface area (Å²) < 4.78 is 7.45. The lowest BCUT2D eigenvalue weighted by atomic mass is 9.99. The largest absolute Gasteiger partial charge is 0.497 e. The molecule has 0 spiro atoms. The van der Waals surface area contributed by atoms with E-state index in [4.69, 9.17) is 10.5 Å². The van der Waals surface area contributed by atoms with Gasteiger partial charge >= 0.3 is 0 Å². The van der Waals surface area contributed by atoms with Crippen molar-refractivity contribution in [2.45, 2.75) is 32.2 Å². The fourth-order valence-corrected chi connectivity index (χ4v) is 2.88. The minimum absolute atomic E-state index is 0.563. The van der Waals surface area contributed by atoms with Gasteiger partial charge < -0.3 is 15.0 Å². The molecule has 0 saturated heterocycles. The molecular formula is C16H22N4O. The van der Waals surface area contributed by atoms with Crippen LogP contribution in [0, 0.1) is 5.92 Å². The van der Waals surface area contributed by atoms with Crippen molar-refractivity contribution in [2.75, 3.05) is 13.7 Å². The second-order valence-electron chi connectivity index (χ2n) is 5.63. The molecule has 112 valence electrons. The summed E-state index contributed by atoms with van der Waals surface area (Å²) in [6.07, 6.45) is 4.01. The standard InChI is InChI=1S/C16H22N4O/c1-21-14-6-2-12(3-7-14)4-8-15-18-19-16-9-5-13(10-17)11-20(15)16/h2-3,6-7,13H,4-5,8-11,17H2,1H3. The number of hydrogen-bond donors (Lipinski definition) is 1. The molecule has 21 heavy (non-hydrogen) atoms. The second-order valence-corrected chi connectivity index (χ2v) is 5.63. The number of fused-ring (bicyclic) bond motifs is 1. The summed E-state index contributed by atoms with van der Waals surface area (Å²) in [6, 6.07) is 8.21. The Kier molecular flexibility index (Phi) is 4.20. The van der Waals surface area contributed by atoms with Gasteiger partial charge in [0.25, 0.3) is 0 Å². The Morgan fingerprint density at radius 1 is 1.24 bits per heavy atom. The van der Waals surface area contributed by atoms with E-state index in [1.807, 2.05) is 12.1 Å². The van der Waals surface area contributed by atoms with E-state index >= 15 is 0 Å². The van der Waals surface area contributed by atoms with Crippen LogP contribution in [-0.4, -0.2) is 28.4 Å². The predicted octanol–water partition coefficient (Wildman–Crippen LogP) is 1.59. The Bertz CT molecular complexity index is 591. The lowest BCUT2D eigenvalue weighted by Crippen LogP contribution is -2.27. The van der Waals surface area contributed by atoms with Crippen LogP contribution < -0.4 is 10.5 Å². The number of ether oxygens (including phenoxy) is 1. The van der Waals surface area contributed by atoms with E-state index in [9.17, 15) is 0 Å². The minimum Gasteiger partial charge on any atom is -0.497 e. The van der Waals surface area contributed by atoms with E-state index < -0.39 is 0 Å². The van der Waals surface area contributed by atoms with Gasteiger partial charge in [0.15, 0.2) is 0 Å². The van der Waals surface area contributed by atoms with Crippen LogP contribution in [0.5, 0.6) is 5.75 Å². The lowest BCUT2D eigenvalue weighted by molar-refractivity contribution is 0.366. The zero-order chi connectivity index (χ0) is 14.7. The number of aromatic nitrogens is 3. The number of nitrogens with two attached hydrogens (primary N) is 1. The summed E-state index contributed by atoms with van der Waals surface area (Å²) in [4.78, 5) is 0. The third-order valence-electron chi connectivity index (χ3n) is 4.25. The molecule has 1 aromatic heterocycles. The van der Waals surface area contributed by atoms with E-state index in [1.54, 1.807) is 7.11 Å². The van der Waals surface area contributed by atoms with Gasteiger partial charge in [-0.15, -0.1) is 10.2 Å². The van der Waals surface area contributed by atoms with Crippen LogP contribution in [0.3, 0.4) is 0 Å². The van der Waals surface area contributed by atoms with Crippen molar-refractivity contribution in [3.8, 4) is 5.75 Å². The van der Waals surface area contributed by atoms with Gasteiger partial charge in [-0.2, -0.15) is 0 Å². The van der Waals surface area contributed by atoms with E-state index in [0.29, 0.717) is 5.92 Å². The first-order chi connectivity index (χ1) is 10.3. The molecule has 0 bridgehead atoms. The molecular weight excluding hydrogens is 264 g/mol. The highest BCUT2D eigenvalue weighted by molar-refractivity contribution is 5.27. The van der Waals surface area contributed by atoms with Crippen molar-refractivity contribution in [2.24, 2.45) is 11.7 Å². The van der Waals surface area contributed by atoms with Crippen LogP contribution >= 0.6 is 0 Å². The van der Waals surface area contributed by atoms with Crippen molar-refractivity contribution in [1.29, 1.82) is 0 Å². The van der Waals surface area contributed by atoms with Crippen molar-refractivity contribution in [3.05, 3.63) is 41.5 Å². The number of hydrogen-bond acceptors (Lipinski definition) is 4. The van der Waals surface area contributed by atoms with Crippen LogP contribution in [0.1, 0.15) is 23.6 Å². The molecule has 0 saturated carbocycles. The molecule has 5 nitrogen and oxygen atoms in total. The maximum absolute atomic E-state index is 5.81. The molecule has 2 aromatic rings. The summed E-state index contributed by atoms with van der Waals surface area (Å²) in [6.45, 7) is 1.71. The number of benzene rings is 1. The van der Waals surface area contributed by atoms with Gasteiger partial charge in [-0.05, 0) is 43.0 Å². The predicted molar refractivity (Wildman–Crippen MR) is 81.3 cm³/mol. The van der Waals surface area contributed by atoms with Crippen molar-refractivity contribution < 1.29 is 4.74 Å². The lowest BCUT2D eigenvalue weighted by Gasteiger charge is -2.22. The van der Waals surface area contributed by atoms with E-state index in [-0.39, 0.29) is 0 Å². The van der Waals surface area contributed by atoms with Gasteiger partial charge in [-0.25, -0.2) is 0 Å². The number of methoxy groups -OCH3 is 1. The molecule has 2 heterocycles. The van der Waals surface area contributed by atoms with Crippen LogP contribution in [-0.2, 0) is 25.8 Å². The third kappa shape index (κ3) is 3.08. The third-order valence-corrected chi connectivity index (χ3v) is 4.25. The Labute approximate surface area is 125 Å². The number of rotatable bonds is 5. The molecule has 3 rings (SSSR count). The van der Waals surface area contributed by atoms with Crippen LogP contribution in [0.2, 0.25) is 0 Å². The number of nitrogens with zero attached hydrogens (tertiary/aromatic N) is 3. The molecule has 1 unspecified atom stereocenters. The van der Waals surface area contributed by atoms with Crippen molar-refractivity contribution in [3.63, 3.8) is 0 Å². The van der Waals surface area contributed by atoms with Gasteiger partial charge in [0.2, 0.25) is 0 Å². The first-order valence-corrected chi connectivity index (χ1v) is 7.54. The maximum atomic E-state index is 5.81. The van der Waals surface area contributed by atoms with Gasteiger partial charge in [0, 0.05) is 19.4 Å². The average Bonchev–Trinajstić information content (AvgIpc) is 2.95. The first kappa shape index (κ1) is 14.1. The quantitative estimate of drug-likeness (QED) is 0.906. The summed E-state index contributed by atoms with van der Waals surface area (Å²) in [5, 5.41) is 8.68. The Morgan fingerprint density at radius 2 is 2.05 bits per heavy atom. The molecule has 0 amide bonds. The molecule has 0 fully saturated rings. The zero-order valence-corrected chi connectivity index (χ0v) is 12.5. The van der Waals surface area contributed by atoms with Crippen LogP contribution in [0.25, 0.3) is 0 Å². The van der Waals surface area contributed by atoms with E-state index in [2.05, 4.69) is 26.9 Å². The summed E-state index contributed by atoms with van der Waals surface area (Å²) >= 11 is 0. The molecule has 2 N–H and O–H groups in total. The van der Waals surface area contributed by atoms with Crippen molar-refractivity contribution >= 4 is 0 Å². The normalized spacial score (nSPS) is 17.5. The molecule has 1 atom stereocenters. The molecule has 1 aliphatic rings. The fourth-order valence-electron chi connectivity index (χ4n) is 2.88. The summed E-state index contributed by atoms with van der Waals surface area (Å²) in [7, 11) is 1.69. The first-order valence-electron chi connectivity index (χ1n) is 7.54. The van der Waals surface area contributed by atoms with Gasteiger partial charge in [-0.3, -0.25) is 0 Å². The Morgan fingerprint density at radius 3 is 2.76 bits per heavy atom. The smallest absolute Gasteiger partial charge is 0.133 e. The maximum Gasteiger partial charge on any atom is 0.133 e. The number of aryl methyl sites for hydroxylation is 3. The highest BCUT2D eigenvalue weighted by atomic mass is 16.5. The molecule has 1 aliphatic heterocycles. The summed E-state index contributed by atoms with van der Waals surface area (Å²) in [5.74, 6) is 3.65. The fraction of sp³-hybridized carbons (Fsp3) is 0.500. The molecule has 0 radical (unpaired) electrons. The Balaban J connectivity index is 1.67. The van der Waals surface area contributed by atoms with Gasteiger partial charge in [0.1, 0.15) is 17.4 Å². The highest BCUT2D eigenvalue weighted by Gasteiger charge is 2.21. The minimum atomic E-state index is 0.563. The zero-order valence-electron chi connectivity index (χ0n) is 12.5. The molecule has 5 heteroatoms. The van der Waals surface area contributed by atoms with Crippen molar-refractivity contribution in [1.82, 2.24) is 14.8 Å². The monoisotopic (exact) mass is 286 g/mol. The van der Waals surface area contributed by atoms with Gasteiger partial charge in [-0.1, -0.05) is 12.1 Å². The molecule has 0 aliphatic carbocycles. The van der Waals surface area contributed by atoms with E-state index in [0.717, 1.165) is 56.2 Å². The van der Waals surface area contributed by atoms with Gasteiger partial charge in [0.05, 0.1) is 7.11 Å². The topological polar surface area (TPSA) is 66.0 Å². The summed E-state index contributed by atoms with van der Waals surface area (Å²) in [5.41, 5.74) is 7.10. The van der Waals surface area contributed by atoms with Crippen LogP contribution in [0.4, 0.5) is 0 Å².